The molecule has 5 nitrogen and oxygen atoms in total. The highest BCUT2D eigenvalue weighted by Crippen LogP contribution is 2.26. The van der Waals surface area contributed by atoms with E-state index in [0.717, 1.165) is 44.6 Å². The van der Waals surface area contributed by atoms with Crippen LogP contribution in [0.15, 0.2) is 24.3 Å². The summed E-state index contributed by atoms with van der Waals surface area (Å²) in [6, 6.07) is 5.33. The van der Waals surface area contributed by atoms with Crippen LogP contribution in [0.3, 0.4) is 0 Å². The van der Waals surface area contributed by atoms with Gasteiger partial charge in [-0.25, -0.2) is 0 Å². The number of carbonyl (C=O) groups excluding carboxylic acids is 2. The molecule has 2 aliphatic rings. The summed E-state index contributed by atoms with van der Waals surface area (Å²) in [6.07, 6.45) is 5.44. The molecule has 0 N–H and O–H groups in total. The first-order chi connectivity index (χ1) is 12.5. The summed E-state index contributed by atoms with van der Waals surface area (Å²) in [5.41, 5.74) is 0.724. The van der Waals surface area contributed by atoms with E-state index >= 15 is 0 Å². The van der Waals surface area contributed by atoms with Gasteiger partial charge in [-0.3, -0.25) is 14.5 Å². The molecule has 0 atom stereocenters. The van der Waals surface area contributed by atoms with Gasteiger partial charge in [0, 0.05) is 45.3 Å². The minimum Gasteiger partial charge on any atom is -0.342 e. The maximum Gasteiger partial charge on any atom is 0.246 e. The van der Waals surface area contributed by atoms with Crippen molar-refractivity contribution < 1.29 is 9.59 Å². The Morgan fingerprint density at radius 1 is 0.963 bits per heavy atom. The van der Waals surface area contributed by atoms with Crippen molar-refractivity contribution in [2.45, 2.75) is 12.8 Å². The van der Waals surface area contributed by atoms with Crippen LogP contribution in [0.4, 0.5) is 0 Å². The molecule has 3 rings (SSSR count). The number of piperazine rings is 1. The molecule has 0 aliphatic carbocycles. The predicted molar refractivity (Wildman–Crippen MR) is 112 cm³/mol. The Balaban J connectivity index is 0.00000261. The molecule has 2 aliphatic heterocycles. The molecule has 2 heterocycles. The summed E-state index contributed by atoms with van der Waals surface area (Å²) in [4.78, 5) is 30.5. The molecule has 0 saturated carbocycles. The number of nitrogens with zero attached hydrogens (tertiary/aromatic N) is 3. The van der Waals surface area contributed by atoms with E-state index in [1.54, 1.807) is 23.1 Å². The first kappa shape index (κ1) is 22.0. The molecule has 0 aromatic heterocycles. The first-order valence-corrected chi connectivity index (χ1v) is 9.71. The summed E-state index contributed by atoms with van der Waals surface area (Å²) in [5.74, 6) is 0.157. The summed E-state index contributed by atoms with van der Waals surface area (Å²) in [5, 5.41) is 0.918. The zero-order chi connectivity index (χ0) is 18.5. The topological polar surface area (TPSA) is 43.9 Å². The number of benzene rings is 1. The summed E-state index contributed by atoms with van der Waals surface area (Å²) < 4.78 is 0. The molecule has 1 aromatic rings. The van der Waals surface area contributed by atoms with E-state index in [1.807, 2.05) is 11.0 Å². The number of rotatable bonds is 4. The van der Waals surface area contributed by atoms with E-state index in [2.05, 4.69) is 4.90 Å². The van der Waals surface area contributed by atoms with E-state index in [1.165, 1.54) is 6.08 Å². The average molecular weight is 433 g/mol. The molecular weight excluding hydrogens is 409 g/mol. The van der Waals surface area contributed by atoms with Gasteiger partial charge in [-0.15, -0.1) is 12.4 Å². The number of amides is 2. The van der Waals surface area contributed by atoms with E-state index in [-0.39, 0.29) is 24.2 Å². The fourth-order valence-electron chi connectivity index (χ4n) is 3.30. The molecule has 2 saturated heterocycles. The second kappa shape index (κ2) is 10.3. The Morgan fingerprint density at radius 3 is 2.30 bits per heavy atom. The molecule has 148 valence electrons. The van der Waals surface area contributed by atoms with Crippen LogP contribution in [0.5, 0.6) is 0 Å². The number of halogens is 3. The number of likely N-dealkylation sites (tertiary alicyclic amines) is 1. The smallest absolute Gasteiger partial charge is 0.246 e. The third-order valence-electron chi connectivity index (χ3n) is 4.89. The zero-order valence-electron chi connectivity index (χ0n) is 15.1. The van der Waals surface area contributed by atoms with Crippen LogP contribution in [-0.2, 0) is 9.59 Å². The molecule has 0 radical (unpaired) electrons. The Morgan fingerprint density at radius 2 is 1.63 bits per heavy atom. The highest BCUT2D eigenvalue weighted by molar-refractivity contribution is 6.42. The van der Waals surface area contributed by atoms with Crippen LogP contribution in [0, 0.1) is 0 Å². The first-order valence-electron chi connectivity index (χ1n) is 8.96. The van der Waals surface area contributed by atoms with Gasteiger partial charge in [0.05, 0.1) is 16.6 Å². The van der Waals surface area contributed by atoms with Gasteiger partial charge in [0.25, 0.3) is 0 Å². The van der Waals surface area contributed by atoms with E-state index < -0.39 is 0 Å². The Hall–Kier alpha value is -1.27. The highest BCUT2D eigenvalue weighted by atomic mass is 35.5. The Bertz CT molecular complexity index is 697. The van der Waals surface area contributed by atoms with Gasteiger partial charge < -0.3 is 9.80 Å². The zero-order valence-corrected chi connectivity index (χ0v) is 17.4. The van der Waals surface area contributed by atoms with Gasteiger partial charge >= 0.3 is 0 Å². The lowest BCUT2D eigenvalue weighted by molar-refractivity contribution is -0.132. The van der Waals surface area contributed by atoms with Gasteiger partial charge in [-0.1, -0.05) is 35.3 Å². The van der Waals surface area contributed by atoms with Gasteiger partial charge in [0.2, 0.25) is 11.8 Å². The fraction of sp³-hybridized carbons (Fsp3) is 0.474. The maximum atomic E-state index is 12.4. The van der Waals surface area contributed by atoms with Crippen molar-refractivity contribution in [3.8, 4) is 0 Å². The monoisotopic (exact) mass is 431 g/mol. The minimum atomic E-state index is -0.0495. The van der Waals surface area contributed by atoms with Gasteiger partial charge in [0.15, 0.2) is 0 Å². The van der Waals surface area contributed by atoms with Crippen LogP contribution in [0.1, 0.15) is 18.4 Å². The lowest BCUT2D eigenvalue weighted by Crippen LogP contribution is -2.51. The SMILES string of the molecule is Cl.O=C(/C=C/c1cccc(Cl)c1Cl)N1CCN(CC(=O)N2CCCC2)CC1. The number of hydrogen-bond acceptors (Lipinski definition) is 3. The lowest BCUT2D eigenvalue weighted by Gasteiger charge is -2.34. The van der Waals surface area contributed by atoms with Crippen molar-refractivity contribution >= 4 is 53.5 Å². The quantitative estimate of drug-likeness (QED) is 0.686. The van der Waals surface area contributed by atoms with E-state index in [9.17, 15) is 9.59 Å². The molecule has 2 amide bonds. The highest BCUT2D eigenvalue weighted by Gasteiger charge is 2.24. The van der Waals surface area contributed by atoms with E-state index in [0.29, 0.717) is 29.7 Å². The predicted octanol–water partition coefficient (Wildman–Crippen LogP) is 3.20. The van der Waals surface area contributed by atoms with Crippen molar-refractivity contribution in [2.75, 3.05) is 45.8 Å². The maximum absolute atomic E-state index is 12.4. The number of carbonyl (C=O) groups is 2. The van der Waals surface area contributed by atoms with Crippen molar-refractivity contribution in [3.05, 3.63) is 39.9 Å². The number of hydrogen-bond donors (Lipinski definition) is 0. The second-order valence-electron chi connectivity index (χ2n) is 6.67. The van der Waals surface area contributed by atoms with Gasteiger partial charge in [-0.05, 0) is 30.5 Å². The molecule has 0 spiro atoms. The molecule has 0 unspecified atom stereocenters. The minimum absolute atomic E-state index is 0. The van der Waals surface area contributed by atoms with Crippen molar-refractivity contribution in [3.63, 3.8) is 0 Å². The molecular formula is C19H24Cl3N3O2. The third-order valence-corrected chi connectivity index (χ3v) is 5.72. The molecule has 2 fully saturated rings. The third kappa shape index (κ3) is 5.85. The largest absolute Gasteiger partial charge is 0.342 e. The van der Waals surface area contributed by atoms with E-state index in [4.69, 9.17) is 23.2 Å². The van der Waals surface area contributed by atoms with Crippen LogP contribution in [-0.4, -0.2) is 72.3 Å². The lowest BCUT2D eigenvalue weighted by atomic mass is 10.2. The van der Waals surface area contributed by atoms with Crippen molar-refractivity contribution in [1.82, 2.24) is 14.7 Å². The van der Waals surface area contributed by atoms with Crippen LogP contribution < -0.4 is 0 Å². The molecule has 0 bridgehead atoms. The average Bonchev–Trinajstić information content (AvgIpc) is 3.18. The fourth-order valence-corrected chi connectivity index (χ4v) is 3.67. The molecule has 8 heteroatoms. The van der Waals surface area contributed by atoms with Crippen LogP contribution in [0.25, 0.3) is 6.08 Å². The molecule has 27 heavy (non-hydrogen) atoms. The van der Waals surface area contributed by atoms with Crippen molar-refractivity contribution in [2.24, 2.45) is 0 Å². The molecule has 1 aromatic carbocycles. The summed E-state index contributed by atoms with van der Waals surface area (Å²) in [7, 11) is 0. The standard InChI is InChI=1S/C19H23Cl2N3O2.ClH/c20-16-5-3-4-15(19(16)21)6-7-17(25)24-12-10-22(11-13-24)14-18(26)23-8-1-2-9-23;/h3-7H,1-2,8-14H2;1H/b7-6+;. The Labute approximate surface area is 176 Å². The summed E-state index contributed by atoms with van der Waals surface area (Å²) in [6.45, 7) is 4.91. The summed E-state index contributed by atoms with van der Waals surface area (Å²) >= 11 is 12.1. The normalized spacial score (nSPS) is 18.0. The van der Waals surface area contributed by atoms with Gasteiger partial charge in [0.1, 0.15) is 0 Å². The van der Waals surface area contributed by atoms with Crippen LogP contribution in [0.2, 0.25) is 10.0 Å². The van der Waals surface area contributed by atoms with Crippen LogP contribution >= 0.6 is 35.6 Å². The van der Waals surface area contributed by atoms with Gasteiger partial charge in [-0.2, -0.15) is 0 Å². The second-order valence-corrected chi connectivity index (χ2v) is 7.45. The Kier molecular flexibility index (Phi) is 8.42. The van der Waals surface area contributed by atoms with Crippen molar-refractivity contribution in [1.29, 1.82) is 0 Å².